The highest BCUT2D eigenvalue weighted by molar-refractivity contribution is 5.57. The predicted octanol–water partition coefficient (Wildman–Crippen LogP) is 6.81. The topological polar surface area (TPSA) is 26.0 Å². The minimum atomic E-state index is 0.198. The van der Waals surface area contributed by atoms with Crippen LogP contribution in [0.25, 0.3) is 0 Å². The van der Waals surface area contributed by atoms with Crippen LogP contribution in [-0.4, -0.2) is 0 Å². The van der Waals surface area contributed by atoms with Gasteiger partial charge in [-0.3, -0.25) is 0 Å². The van der Waals surface area contributed by atoms with E-state index in [9.17, 15) is 0 Å². The number of benzene rings is 1. The maximum atomic E-state index is 6.52. The number of anilines is 1. The molecule has 2 N–H and O–H groups in total. The molecule has 0 aromatic heterocycles. The molecule has 0 atom stereocenters. The first kappa shape index (κ1) is 20.1. The third-order valence-electron chi connectivity index (χ3n) is 4.82. The van der Waals surface area contributed by atoms with Crippen LogP contribution in [0.1, 0.15) is 103 Å². The summed E-state index contributed by atoms with van der Waals surface area (Å²) in [6.07, 6.45) is 12.7. The molecule has 0 aliphatic rings. The summed E-state index contributed by atoms with van der Waals surface area (Å²) >= 11 is 0. The molecule has 0 aliphatic carbocycles. The Hall–Kier alpha value is -0.980. The lowest BCUT2D eigenvalue weighted by Gasteiger charge is -2.23. The van der Waals surface area contributed by atoms with Crippen LogP contribution >= 0.6 is 0 Å². The van der Waals surface area contributed by atoms with Gasteiger partial charge in [0.1, 0.15) is 0 Å². The van der Waals surface area contributed by atoms with Gasteiger partial charge in [-0.05, 0) is 47.8 Å². The second-order valence-electron chi connectivity index (χ2n) is 8.08. The molecule has 132 valence electrons. The molecule has 0 heterocycles. The first-order valence-electron chi connectivity index (χ1n) is 9.81. The number of aryl methyl sites for hydroxylation is 2. The van der Waals surface area contributed by atoms with Crippen molar-refractivity contribution in [2.75, 3.05) is 5.73 Å². The fourth-order valence-corrected chi connectivity index (χ4v) is 3.11. The fraction of sp³-hybridized carbons (Fsp3) is 0.727. The molecule has 0 aliphatic heterocycles. The van der Waals surface area contributed by atoms with Crippen molar-refractivity contribution in [1.29, 1.82) is 0 Å². The van der Waals surface area contributed by atoms with Gasteiger partial charge in [-0.1, -0.05) is 85.3 Å². The molecule has 0 fully saturated rings. The van der Waals surface area contributed by atoms with E-state index in [0.717, 1.165) is 18.5 Å². The van der Waals surface area contributed by atoms with Crippen LogP contribution in [0.4, 0.5) is 5.69 Å². The van der Waals surface area contributed by atoms with E-state index < -0.39 is 0 Å². The van der Waals surface area contributed by atoms with E-state index in [4.69, 9.17) is 5.73 Å². The molecular weight excluding hydrogens is 278 g/mol. The van der Waals surface area contributed by atoms with Crippen molar-refractivity contribution in [3.63, 3.8) is 0 Å². The molecule has 0 amide bonds. The standard InChI is InChI=1S/C22H39N/c1-6-8-10-12-14-18-16-20(22(3,4)5)17-19(21(18)23)15-13-11-9-7-2/h16-17H,6-15,23H2,1-5H3. The summed E-state index contributed by atoms with van der Waals surface area (Å²) in [4.78, 5) is 0. The maximum absolute atomic E-state index is 6.52. The van der Waals surface area contributed by atoms with Gasteiger partial charge in [0.15, 0.2) is 0 Å². The Morgan fingerprint density at radius 3 is 1.52 bits per heavy atom. The maximum Gasteiger partial charge on any atom is 0.0379 e. The third-order valence-corrected chi connectivity index (χ3v) is 4.82. The van der Waals surface area contributed by atoms with Gasteiger partial charge in [-0.15, -0.1) is 0 Å². The minimum Gasteiger partial charge on any atom is -0.398 e. The predicted molar refractivity (Wildman–Crippen MR) is 105 cm³/mol. The van der Waals surface area contributed by atoms with Gasteiger partial charge in [0.05, 0.1) is 0 Å². The van der Waals surface area contributed by atoms with Crippen molar-refractivity contribution >= 4 is 5.69 Å². The number of rotatable bonds is 10. The molecule has 0 radical (unpaired) electrons. The first-order chi connectivity index (χ1) is 10.9. The Balaban J connectivity index is 2.89. The second-order valence-corrected chi connectivity index (χ2v) is 8.08. The first-order valence-corrected chi connectivity index (χ1v) is 9.81. The van der Waals surface area contributed by atoms with Gasteiger partial charge in [0.2, 0.25) is 0 Å². The summed E-state index contributed by atoms with van der Waals surface area (Å²) in [7, 11) is 0. The van der Waals surface area contributed by atoms with E-state index in [1.54, 1.807) is 0 Å². The van der Waals surface area contributed by atoms with Gasteiger partial charge < -0.3 is 5.73 Å². The van der Waals surface area contributed by atoms with Crippen LogP contribution in [0, 0.1) is 0 Å². The molecule has 23 heavy (non-hydrogen) atoms. The lowest BCUT2D eigenvalue weighted by atomic mass is 9.83. The molecule has 1 aromatic rings. The normalized spacial score (nSPS) is 11.9. The number of hydrogen-bond acceptors (Lipinski definition) is 1. The smallest absolute Gasteiger partial charge is 0.0379 e. The summed E-state index contributed by atoms with van der Waals surface area (Å²) in [5.74, 6) is 0. The van der Waals surface area contributed by atoms with Crippen molar-refractivity contribution < 1.29 is 0 Å². The summed E-state index contributed by atoms with van der Waals surface area (Å²) < 4.78 is 0. The summed E-state index contributed by atoms with van der Waals surface area (Å²) in [5, 5.41) is 0. The van der Waals surface area contributed by atoms with Crippen molar-refractivity contribution in [2.24, 2.45) is 0 Å². The van der Waals surface area contributed by atoms with E-state index in [0.29, 0.717) is 0 Å². The Labute approximate surface area is 145 Å². The molecule has 0 spiro atoms. The van der Waals surface area contributed by atoms with Crippen molar-refractivity contribution in [3.05, 3.63) is 28.8 Å². The average Bonchev–Trinajstić information content (AvgIpc) is 2.49. The van der Waals surface area contributed by atoms with E-state index in [-0.39, 0.29) is 5.41 Å². The molecule has 1 aromatic carbocycles. The summed E-state index contributed by atoms with van der Waals surface area (Å²) in [6, 6.07) is 4.74. The van der Waals surface area contributed by atoms with E-state index in [1.165, 1.54) is 68.1 Å². The molecule has 1 rings (SSSR count). The van der Waals surface area contributed by atoms with Gasteiger partial charge in [-0.25, -0.2) is 0 Å². The van der Waals surface area contributed by atoms with Crippen LogP contribution in [0.3, 0.4) is 0 Å². The molecular formula is C22H39N. The third kappa shape index (κ3) is 6.97. The lowest BCUT2D eigenvalue weighted by molar-refractivity contribution is 0.586. The van der Waals surface area contributed by atoms with Gasteiger partial charge in [0, 0.05) is 5.69 Å². The van der Waals surface area contributed by atoms with E-state index in [1.807, 2.05) is 0 Å². The number of unbranched alkanes of at least 4 members (excludes halogenated alkanes) is 6. The van der Waals surface area contributed by atoms with Crippen LogP contribution in [-0.2, 0) is 18.3 Å². The quantitative estimate of drug-likeness (QED) is 0.372. The van der Waals surface area contributed by atoms with Crippen molar-refractivity contribution in [1.82, 2.24) is 0 Å². The molecule has 0 saturated heterocycles. The Bertz CT molecular complexity index is 421. The molecule has 0 unspecified atom stereocenters. The second kappa shape index (κ2) is 10.0. The van der Waals surface area contributed by atoms with Crippen LogP contribution in [0.2, 0.25) is 0 Å². The van der Waals surface area contributed by atoms with Crippen LogP contribution in [0.15, 0.2) is 12.1 Å². The molecule has 0 bridgehead atoms. The van der Waals surface area contributed by atoms with Crippen molar-refractivity contribution in [2.45, 2.75) is 104 Å². The van der Waals surface area contributed by atoms with Gasteiger partial charge in [-0.2, -0.15) is 0 Å². The summed E-state index contributed by atoms with van der Waals surface area (Å²) in [5.41, 5.74) is 12.0. The molecule has 0 saturated carbocycles. The highest BCUT2D eigenvalue weighted by Crippen LogP contribution is 2.30. The highest BCUT2D eigenvalue weighted by Gasteiger charge is 2.17. The SMILES string of the molecule is CCCCCCc1cc(C(C)(C)C)cc(CCCCCC)c1N. The largest absolute Gasteiger partial charge is 0.398 e. The van der Waals surface area contributed by atoms with Crippen molar-refractivity contribution in [3.8, 4) is 0 Å². The van der Waals surface area contributed by atoms with E-state index >= 15 is 0 Å². The minimum absolute atomic E-state index is 0.198. The Kier molecular flexibility index (Phi) is 8.73. The lowest BCUT2D eigenvalue weighted by Crippen LogP contribution is -2.14. The highest BCUT2D eigenvalue weighted by atomic mass is 14.6. The average molecular weight is 318 g/mol. The molecule has 1 nitrogen and oxygen atoms in total. The number of hydrogen-bond donors (Lipinski definition) is 1. The number of nitrogen functional groups attached to an aromatic ring is 1. The van der Waals surface area contributed by atoms with E-state index in [2.05, 4.69) is 46.8 Å². The fourth-order valence-electron chi connectivity index (χ4n) is 3.11. The zero-order valence-electron chi connectivity index (χ0n) is 16.3. The number of nitrogens with two attached hydrogens (primary N) is 1. The van der Waals surface area contributed by atoms with Crippen LogP contribution in [0.5, 0.6) is 0 Å². The van der Waals surface area contributed by atoms with Crippen LogP contribution < -0.4 is 5.73 Å². The molecule has 1 heteroatoms. The monoisotopic (exact) mass is 317 g/mol. The zero-order chi connectivity index (χ0) is 17.3. The summed E-state index contributed by atoms with van der Waals surface area (Å²) in [6.45, 7) is 11.5. The van der Waals surface area contributed by atoms with Gasteiger partial charge in [0.25, 0.3) is 0 Å². The zero-order valence-corrected chi connectivity index (χ0v) is 16.3. The Morgan fingerprint density at radius 2 is 1.17 bits per heavy atom. The van der Waals surface area contributed by atoms with Gasteiger partial charge >= 0.3 is 0 Å². The Morgan fingerprint density at radius 1 is 0.739 bits per heavy atom.